The molecule has 5 nitrogen and oxygen atoms in total. The number of thioether (sulfide) groups is 1. The van der Waals surface area contributed by atoms with Gasteiger partial charge in [-0.15, -0.1) is 11.8 Å². The molecule has 0 aromatic carbocycles. The van der Waals surface area contributed by atoms with Crippen LogP contribution < -0.4 is 10.9 Å². The van der Waals surface area contributed by atoms with Crippen molar-refractivity contribution in [3.8, 4) is 0 Å². The van der Waals surface area contributed by atoms with Crippen LogP contribution in [0.2, 0.25) is 5.02 Å². The summed E-state index contributed by atoms with van der Waals surface area (Å²) in [6.07, 6.45) is 19.4. The largest absolute Gasteiger partial charge is 0.281 e. The molecule has 1 rings (SSSR count). The van der Waals surface area contributed by atoms with E-state index in [4.69, 9.17) is 11.6 Å². The molecular weight excluding hydrogens is 380 g/mol. The average Bonchev–Trinajstić information content (AvgIpc) is 3.03. The maximum absolute atomic E-state index is 11.8. The van der Waals surface area contributed by atoms with Crippen molar-refractivity contribution in [3.63, 3.8) is 0 Å². The molecule has 0 unspecified atom stereocenters. The van der Waals surface area contributed by atoms with Crippen molar-refractivity contribution in [1.29, 1.82) is 0 Å². The van der Waals surface area contributed by atoms with Gasteiger partial charge in [-0.1, -0.05) is 95.6 Å². The quantitative estimate of drug-likeness (QED) is 0.150. The number of aromatic nitrogens is 2. The van der Waals surface area contributed by atoms with Crippen molar-refractivity contribution in [1.82, 2.24) is 15.6 Å². The molecule has 1 aromatic rings. The standard InChI is InChI=1S/C20H37ClN4OS/c1-3-4-5-6-7-8-9-10-11-12-13-14-15-16-17(26)22-23-19-18(21)20(27-2)25-24-19/h3-16H2,1-2H3,(H,22,26)(H2,23,24,25). The Bertz CT molecular complexity index is 510. The van der Waals surface area contributed by atoms with E-state index >= 15 is 0 Å². The molecule has 0 aliphatic rings. The molecule has 0 saturated heterocycles. The SMILES string of the molecule is CCCCCCCCCCCCCCCC(=O)NNc1[nH]nc(SC)c1Cl. The molecule has 156 valence electrons. The Labute approximate surface area is 174 Å². The summed E-state index contributed by atoms with van der Waals surface area (Å²) in [5.41, 5.74) is 5.47. The molecule has 0 fully saturated rings. The van der Waals surface area contributed by atoms with Gasteiger partial charge in [-0.05, 0) is 12.7 Å². The molecule has 27 heavy (non-hydrogen) atoms. The number of hydrogen-bond acceptors (Lipinski definition) is 4. The first-order chi connectivity index (χ1) is 13.2. The summed E-state index contributed by atoms with van der Waals surface area (Å²) in [4.78, 5) is 11.8. The molecule has 0 spiro atoms. The van der Waals surface area contributed by atoms with Crippen LogP contribution >= 0.6 is 23.4 Å². The van der Waals surface area contributed by atoms with Crippen LogP contribution in [0.25, 0.3) is 0 Å². The second kappa shape index (κ2) is 16.1. The highest BCUT2D eigenvalue weighted by Gasteiger charge is 2.10. The van der Waals surface area contributed by atoms with Crippen molar-refractivity contribution in [2.75, 3.05) is 11.7 Å². The van der Waals surface area contributed by atoms with Gasteiger partial charge in [-0.3, -0.25) is 20.7 Å². The highest BCUT2D eigenvalue weighted by atomic mass is 35.5. The van der Waals surface area contributed by atoms with E-state index < -0.39 is 0 Å². The summed E-state index contributed by atoms with van der Waals surface area (Å²) < 4.78 is 0. The van der Waals surface area contributed by atoms with Gasteiger partial charge in [0.15, 0.2) is 5.82 Å². The number of hydrogen-bond donors (Lipinski definition) is 3. The summed E-state index contributed by atoms with van der Waals surface area (Å²) in [6, 6.07) is 0. The van der Waals surface area contributed by atoms with Crippen molar-refractivity contribution >= 4 is 35.1 Å². The third-order valence-electron chi connectivity index (χ3n) is 4.70. The third kappa shape index (κ3) is 11.5. The van der Waals surface area contributed by atoms with Crippen LogP contribution in [0.4, 0.5) is 5.82 Å². The van der Waals surface area contributed by atoms with Crippen molar-refractivity contribution in [3.05, 3.63) is 5.02 Å². The predicted octanol–water partition coefficient (Wildman–Crippen LogP) is 6.71. The lowest BCUT2D eigenvalue weighted by Crippen LogP contribution is -2.29. The molecule has 1 heterocycles. The highest BCUT2D eigenvalue weighted by molar-refractivity contribution is 7.98. The zero-order valence-corrected chi connectivity index (χ0v) is 18.6. The fourth-order valence-electron chi connectivity index (χ4n) is 3.03. The van der Waals surface area contributed by atoms with Crippen LogP contribution in [0.15, 0.2) is 5.03 Å². The Balaban J connectivity index is 1.89. The molecular formula is C20H37ClN4OS. The van der Waals surface area contributed by atoms with E-state index in [-0.39, 0.29) is 5.91 Å². The third-order valence-corrected chi connectivity index (χ3v) is 5.87. The van der Waals surface area contributed by atoms with Crippen LogP contribution in [0, 0.1) is 0 Å². The van der Waals surface area contributed by atoms with Gasteiger partial charge >= 0.3 is 0 Å². The monoisotopic (exact) mass is 416 g/mol. The number of nitrogens with zero attached hydrogens (tertiary/aromatic N) is 1. The number of carbonyl (C=O) groups is 1. The second-order valence-electron chi connectivity index (χ2n) is 7.09. The highest BCUT2D eigenvalue weighted by Crippen LogP contribution is 2.28. The lowest BCUT2D eigenvalue weighted by Gasteiger charge is -2.07. The first-order valence-corrected chi connectivity index (χ1v) is 12.1. The van der Waals surface area contributed by atoms with E-state index in [2.05, 4.69) is 28.0 Å². The second-order valence-corrected chi connectivity index (χ2v) is 8.26. The first kappa shape index (κ1) is 24.2. The Morgan fingerprint density at radius 3 is 1.96 bits per heavy atom. The van der Waals surface area contributed by atoms with Crippen molar-refractivity contribution in [2.24, 2.45) is 0 Å². The topological polar surface area (TPSA) is 69.8 Å². The zero-order valence-electron chi connectivity index (χ0n) is 17.0. The predicted molar refractivity (Wildman–Crippen MR) is 117 cm³/mol. The molecule has 0 aliphatic heterocycles. The molecule has 0 bridgehead atoms. The van der Waals surface area contributed by atoms with Crippen molar-refractivity contribution < 1.29 is 4.79 Å². The molecule has 1 amide bonds. The van der Waals surface area contributed by atoms with E-state index in [9.17, 15) is 4.79 Å². The van der Waals surface area contributed by atoms with Crippen LogP contribution in [0.3, 0.4) is 0 Å². The van der Waals surface area contributed by atoms with Crippen molar-refractivity contribution in [2.45, 2.75) is 102 Å². The number of rotatable bonds is 17. The Morgan fingerprint density at radius 2 is 1.48 bits per heavy atom. The molecule has 3 N–H and O–H groups in total. The average molecular weight is 417 g/mol. The summed E-state index contributed by atoms with van der Waals surface area (Å²) in [6.45, 7) is 2.27. The maximum atomic E-state index is 11.8. The van der Waals surface area contributed by atoms with Gasteiger partial charge in [0.05, 0.1) is 0 Å². The van der Waals surface area contributed by atoms with E-state index in [0.717, 1.165) is 12.8 Å². The summed E-state index contributed by atoms with van der Waals surface area (Å²) in [5, 5.41) is 8.03. The summed E-state index contributed by atoms with van der Waals surface area (Å²) >= 11 is 7.57. The molecule has 0 atom stereocenters. The fourth-order valence-corrected chi connectivity index (χ4v) is 3.81. The van der Waals surface area contributed by atoms with E-state index in [1.54, 1.807) is 0 Å². The number of nitrogens with one attached hydrogen (secondary N) is 3. The number of amides is 1. The van der Waals surface area contributed by atoms with Crippen LogP contribution in [-0.2, 0) is 4.79 Å². The fraction of sp³-hybridized carbons (Fsp3) is 0.800. The number of carbonyl (C=O) groups excluding carboxylic acids is 1. The number of H-pyrrole nitrogens is 1. The first-order valence-electron chi connectivity index (χ1n) is 10.5. The zero-order chi connectivity index (χ0) is 19.7. The maximum Gasteiger partial charge on any atom is 0.238 e. The smallest absolute Gasteiger partial charge is 0.238 e. The number of aromatic amines is 1. The summed E-state index contributed by atoms with van der Waals surface area (Å²) in [7, 11) is 0. The minimum absolute atomic E-state index is 0.0190. The number of unbranched alkanes of at least 4 members (excludes halogenated alkanes) is 12. The molecule has 0 saturated carbocycles. The Morgan fingerprint density at radius 1 is 0.963 bits per heavy atom. The van der Waals surface area contributed by atoms with Gasteiger partial charge in [0.2, 0.25) is 5.91 Å². The molecule has 0 radical (unpaired) electrons. The minimum Gasteiger partial charge on any atom is -0.281 e. The number of hydrazine groups is 1. The number of halogens is 1. The lowest BCUT2D eigenvalue weighted by molar-refractivity contribution is -0.120. The van der Waals surface area contributed by atoms with Gasteiger partial charge in [0, 0.05) is 6.42 Å². The van der Waals surface area contributed by atoms with Gasteiger partial charge in [0.1, 0.15) is 10.0 Å². The van der Waals surface area contributed by atoms with Gasteiger partial charge in [0.25, 0.3) is 0 Å². The number of anilines is 1. The van der Waals surface area contributed by atoms with E-state index in [1.807, 2.05) is 6.26 Å². The van der Waals surface area contributed by atoms with E-state index in [0.29, 0.717) is 22.3 Å². The molecule has 0 aliphatic carbocycles. The van der Waals surface area contributed by atoms with Crippen LogP contribution in [0.5, 0.6) is 0 Å². The Kier molecular flexibility index (Phi) is 14.4. The Hall–Kier alpha value is -0.880. The van der Waals surface area contributed by atoms with Gasteiger partial charge < -0.3 is 0 Å². The minimum atomic E-state index is -0.0190. The van der Waals surface area contributed by atoms with Crippen LogP contribution in [-0.4, -0.2) is 22.4 Å². The van der Waals surface area contributed by atoms with Crippen LogP contribution in [0.1, 0.15) is 96.8 Å². The summed E-state index contributed by atoms with van der Waals surface area (Å²) in [5.74, 6) is 0.508. The molecule has 7 heteroatoms. The molecule has 1 aromatic heterocycles. The van der Waals surface area contributed by atoms with Gasteiger partial charge in [-0.2, -0.15) is 5.10 Å². The normalized spacial score (nSPS) is 10.9. The lowest BCUT2D eigenvalue weighted by atomic mass is 10.0. The van der Waals surface area contributed by atoms with Gasteiger partial charge in [-0.25, -0.2) is 0 Å². The van der Waals surface area contributed by atoms with E-state index in [1.165, 1.54) is 82.4 Å².